The van der Waals surface area contributed by atoms with Crippen LogP contribution in [-0.2, 0) is 17.1 Å². The molecule has 0 aromatic carbocycles. The summed E-state index contributed by atoms with van der Waals surface area (Å²) in [4.78, 5) is 0. The van der Waals surface area contributed by atoms with Crippen molar-refractivity contribution in [3.05, 3.63) is 0 Å². The molecule has 37 valence electrons. The Morgan fingerprint density at radius 2 is 0.600 bits per heavy atom. The Morgan fingerprint density at radius 3 is 0.600 bits per heavy atom. The second-order valence-corrected chi connectivity index (χ2v) is 0. The second-order valence-electron chi connectivity index (χ2n) is 0. The van der Waals surface area contributed by atoms with E-state index in [1.807, 2.05) is 0 Å². The third kappa shape index (κ3) is 33.0. The standard InChI is InChI=1S/3ClH.Fe.N/h3*1H;;. The van der Waals surface area contributed by atoms with Crippen LogP contribution in [0.3, 0.4) is 0 Å². The molecule has 5 heavy (non-hydrogen) atoms. The number of hydrogen-bond acceptors (Lipinski definition) is 0. The van der Waals surface area contributed by atoms with E-state index in [1.165, 1.54) is 0 Å². The van der Waals surface area contributed by atoms with Crippen molar-refractivity contribution in [2.75, 3.05) is 0 Å². The van der Waals surface area contributed by atoms with Gasteiger partial charge in [-0.15, -0.1) is 37.2 Å². The van der Waals surface area contributed by atoms with Crippen LogP contribution in [0.5, 0.6) is 0 Å². The summed E-state index contributed by atoms with van der Waals surface area (Å²) in [6.45, 7) is 0. The first-order valence-corrected chi connectivity index (χ1v) is 0. The fraction of sp³-hybridized carbons (Fsp3) is 0. The zero-order valence-electron chi connectivity index (χ0n) is 2.03. The van der Waals surface area contributed by atoms with Gasteiger partial charge in [0.25, 0.3) is 0 Å². The zero-order chi connectivity index (χ0) is 0. The largest absolute Gasteiger partial charge is 0.147 e. The molecular weight excluding hydrogens is 176 g/mol. The molecule has 0 heterocycles. The molecule has 0 aliphatic carbocycles. The van der Waals surface area contributed by atoms with Crippen LogP contribution in [-0.4, -0.2) is 0 Å². The Balaban J connectivity index is 0. The van der Waals surface area contributed by atoms with Gasteiger partial charge < -0.3 is 0 Å². The summed E-state index contributed by atoms with van der Waals surface area (Å²) in [6.07, 6.45) is 0. The normalized spacial score (nSPS) is 0. The predicted molar refractivity (Wildman–Crippen MR) is 23.9 cm³/mol. The first kappa shape index (κ1) is 99.8. The summed E-state index contributed by atoms with van der Waals surface area (Å²) in [7, 11) is 0. The fourth-order valence-electron chi connectivity index (χ4n) is 0. The molecular formula is H3Cl3FeN. The SMILES string of the molecule is Cl.Cl.Cl.[Fe].[N]. The zero-order valence-corrected chi connectivity index (χ0v) is 5.58. The van der Waals surface area contributed by atoms with Crippen molar-refractivity contribution in [1.29, 1.82) is 0 Å². The summed E-state index contributed by atoms with van der Waals surface area (Å²) in [5, 5.41) is 0. The van der Waals surface area contributed by atoms with Gasteiger partial charge in [-0.3, -0.25) is 0 Å². The molecule has 0 rings (SSSR count). The molecule has 0 bridgehead atoms. The average molecular weight is 179 g/mol. The van der Waals surface area contributed by atoms with Gasteiger partial charge in [0.15, 0.2) is 0 Å². The Hall–Kier alpha value is 1.35. The van der Waals surface area contributed by atoms with Gasteiger partial charge in [0.05, 0.1) is 0 Å². The molecule has 1 nitrogen and oxygen atoms in total. The van der Waals surface area contributed by atoms with Crippen LogP contribution in [0.4, 0.5) is 0 Å². The van der Waals surface area contributed by atoms with Gasteiger partial charge in [0.1, 0.15) is 0 Å². The maximum Gasteiger partial charge on any atom is 0 e. The van der Waals surface area contributed by atoms with Gasteiger partial charge >= 0.3 is 0 Å². The van der Waals surface area contributed by atoms with Crippen LogP contribution in [0, 0.1) is 0 Å². The van der Waals surface area contributed by atoms with Crippen molar-refractivity contribution in [2.45, 2.75) is 0 Å². The maximum atomic E-state index is 0. The van der Waals surface area contributed by atoms with E-state index in [4.69, 9.17) is 0 Å². The molecule has 3 radical (unpaired) electrons. The van der Waals surface area contributed by atoms with Crippen LogP contribution >= 0.6 is 37.2 Å². The van der Waals surface area contributed by atoms with Crippen LogP contribution < -0.4 is 6.15 Å². The third-order valence-electron chi connectivity index (χ3n) is 0. The van der Waals surface area contributed by atoms with Gasteiger partial charge in [-0.05, 0) is 0 Å². The summed E-state index contributed by atoms with van der Waals surface area (Å²) in [5.74, 6) is 0. The summed E-state index contributed by atoms with van der Waals surface area (Å²) >= 11 is 0. The molecule has 0 aromatic heterocycles. The van der Waals surface area contributed by atoms with E-state index in [-0.39, 0.29) is 60.4 Å². The van der Waals surface area contributed by atoms with Crippen molar-refractivity contribution < 1.29 is 17.1 Å². The molecule has 0 aromatic rings. The minimum atomic E-state index is 0. The van der Waals surface area contributed by atoms with Crippen LogP contribution in [0.25, 0.3) is 0 Å². The molecule has 0 N–H and O–H groups in total. The fourth-order valence-corrected chi connectivity index (χ4v) is 0. The molecule has 0 spiro atoms. The summed E-state index contributed by atoms with van der Waals surface area (Å²) in [6, 6.07) is 0. The minimum absolute atomic E-state index is 0. The number of hydrogen-bond donors (Lipinski definition) is 0. The van der Waals surface area contributed by atoms with E-state index in [2.05, 4.69) is 0 Å². The first-order chi connectivity index (χ1) is 0. The van der Waals surface area contributed by atoms with E-state index in [9.17, 15) is 0 Å². The van der Waals surface area contributed by atoms with Crippen molar-refractivity contribution >= 4 is 37.2 Å². The van der Waals surface area contributed by atoms with Gasteiger partial charge in [0, 0.05) is 23.2 Å². The van der Waals surface area contributed by atoms with Crippen molar-refractivity contribution in [3.8, 4) is 0 Å². The van der Waals surface area contributed by atoms with Gasteiger partial charge in [-0.25, -0.2) is 0 Å². The van der Waals surface area contributed by atoms with Crippen molar-refractivity contribution in [1.82, 2.24) is 6.15 Å². The predicted octanol–water partition coefficient (Wildman–Crippen LogP) is 0.782. The average Bonchev–Trinajstić information content (AvgIpc) is 0. The Bertz CT molecular complexity index is 6.85. The molecule has 0 atom stereocenters. The number of halogens is 3. The summed E-state index contributed by atoms with van der Waals surface area (Å²) < 4.78 is 0. The number of rotatable bonds is 0. The second kappa shape index (κ2) is 55.6. The minimum Gasteiger partial charge on any atom is -0.147 e. The molecule has 0 saturated heterocycles. The van der Waals surface area contributed by atoms with Crippen LogP contribution in [0.15, 0.2) is 0 Å². The third-order valence-corrected chi connectivity index (χ3v) is 0. The molecule has 0 aliphatic rings. The molecule has 0 saturated carbocycles. The number of nitrogens with zero attached hydrogens (tertiary/aromatic N) is 1. The van der Waals surface area contributed by atoms with Crippen LogP contribution in [0.2, 0.25) is 0 Å². The Morgan fingerprint density at radius 1 is 0.600 bits per heavy atom. The van der Waals surface area contributed by atoms with E-state index >= 15 is 0 Å². The smallest absolute Gasteiger partial charge is 0 e. The van der Waals surface area contributed by atoms with Crippen LogP contribution in [0.1, 0.15) is 0 Å². The molecule has 0 unspecified atom stereocenters. The van der Waals surface area contributed by atoms with Crippen molar-refractivity contribution in [3.63, 3.8) is 0 Å². The maximum absolute atomic E-state index is 0. The Labute approximate surface area is 60.6 Å². The van der Waals surface area contributed by atoms with Gasteiger partial charge in [0.2, 0.25) is 0 Å². The summed E-state index contributed by atoms with van der Waals surface area (Å²) in [5.41, 5.74) is 0. The van der Waals surface area contributed by atoms with Gasteiger partial charge in [-0.2, -0.15) is 0 Å². The topological polar surface area (TPSA) is 30.5 Å². The first-order valence-electron chi connectivity index (χ1n) is 0. The molecule has 0 fully saturated rings. The van der Waals surface area contributed by atoms with E-state index in [0.717, 1.165) is 0 Å². The molecule has 5 heteroatoms. The van der Waals surface area contributed by atoms with Crippen molar-refractivity contribution in [2.24, 2.45) is 0 Å². The Kier molecular flexibility index (Phi) is 1110. The quantitative estimate of drug-likeness (QED) is 0.492. The molecule has 0 amide bonds. The monoisotopic (exact) mass is 178 g/mol. The van der Waals surface area contributed by atoms with E-state index in [1.54, 1.807) is 0 Å². The van der Waals surface area contributed by atoms with Gasteiger partial charge in [-0.1, -0.05) is 0 Å². The van der Waals surface area contributed by atoms with E-state index < -0.39 is 0 Å². The molecule has 0 aliphatic heterocycles. The van der Waals surface area contributed by atoms with E-state index in [0.29, 0.717) is 0 Å².